The number of halogens is 5. The molecule has 32 heavy (non-hydrogen) atoms. The number of carbonyl (C=O) groups is 2. The van der Waals surface area contributed by atoms with Crippen LogP contribution in [0.4, 0.5) is 19.0 Å². The summed E-state index contributed by atoms with van der Waals surface area (Å²) in [6.45, 7) is 0.380. The third kappa shape index (κ3) is 6.39. The number of ether oxygens (including phenoxy) is 2. The van der Waals surface area contributed by atoms with Crippen molar-refractivity contribution in [3.05, 3.63) is 52.1 Å². The average Bonchev–Trinajstić information content (AvgIpc) is 2.76. The van der Waals surface area contributed by atoms with Gasteiger partial charge in [0.25, 0.3) is 5.91 Å². The zero-order valence-corrected chi connectivity index (χ0v) is 18.1. The number of amides is 1. The minimum atomic E-state index is -4.53. The van der Waals surface area contributed by atoms with Crippen LogP contribution in [0.2, 0.25) is 10.0 Å². The van der Waals surface area contributed by atoms with Crippen LogP contribution in [-0.2, 0) is 20.5 Å². The van der Waals surface area contributed by atoms with Crippen molar-refractivity contribution in [3.8, 4) is 5.75 Å². The average molecular weight is 492 g/mol. The highest BCUT2D eigenvalue weighted by molar-refractivity contribution is 6.33. The summed E-state index contributed by atoms with van der Waals surface area (Å²) in [5.41, 5.74) is -0.929. The van der Waals surface area contributed by atoms with E-state index in [0.29, 0.717) is 23.9 Å². The Morgan fingerprint density at radius 3 is 2.28 bits per heavy atom. The fourth-order valence-corrected chi connectivity index (χ4v) is 3.35. The van der Waals surface area contributed by atoms with E-state index in [1.165, 1.54) is 4.90 Å². The second kappa shape index (κ2) is 10.3. The predicted molar refractivity (Wildman–Crippen MR) is 111 cm³/mol. The summed E-state index contributed by atoms with van der Waals surface area (Å²) < 4.78 is 48.5. The van der Waals surface area contributed by atoms with Gasteiger partial charge in [-0.25, -0.2) is 9.78 Å². The van der Waals surface area contributed by atoms with E-state index in [1.807, 2.05) is 0 Å². The predicted octanol–water partition coefficient (Wildman–Crippen LogP) is 3.68. The summed E-state index contributed by atoms with van der Waals surface area (Å²) in [7, 11) is 0. The van der Waals surface area contributed by atoms with Gasteiger partial charge in [0.2, 0.25) is 0 Å². The van der Waals surface area contributed by atoms with Gasteiger partial charge in [-0.1, -0.05) is 23.2 Å². The Morgan fingerprint density at radius 2 is 1.69 bits per heavy atom. The number of pyridine rings is 1. The molecular weight excluding hydrogens is 474 g/mol. The van der Waals surface area contributed by atoms with E-state index < -0.39 is 30.2 Å². The van der Waals surface area contributed by atoms with Crippen LogP contribution in [0.15, 0.2) is 36.5 Å². The van der Waals surface area contributed by atoms with Crippen LogP contribution < -0.4 is 9.64 Å². The van der Waals surface area contributed by atoms with Crippen molar-refractivity contribution in [2.75, 3.05) is 44.3 Å². The summed E-state index contributed by atoms with van der Waals surface area (Å²) in [6, 6.07) is 7.24. The molecule has 0 saturated carbocycles. The molecule has 1 aliphatic heterocycles. The summed E-state index contributed by atoms with van der Waals surface area (Å²) in [4.78, 5) is 31.1. The first-order chi connectivity index (χ1) is 15.1. The van der Waals surface area contributed by atoms with Crippen molar-refractivity contribution in [2.24, 2.45) is 0 Å². The van der Waals surface area contributed by atoms with Crippen LogP contribution in [0, 0.1) is 0 Å². The molecule has 1 fully saturated rings. The lowest BCUT2D eigenvalue weighted by molar-refractivity contribution is -0.153. The maximum Gasteiger partial charge on any atom is 0.417 e. The first-order valence-electron chi connectivity index (χ1n) is 9.43. The fraction of sp³-hybridized carbons (Fsp3) is 0.350. The summed E-state index contributed by atoms with van der Waals surface area (Å²) in [5.74, 6) is -0.439. The number of rotatable bonds is 6. The molecule has 0 N–H and O–H groups in total. The van der Waals surface area contributed by atoms with Crippen LogP contribution in [0.5, 0.6) is 5.75 Å². The number of hydrogen-bond donors (Lipinski definition) is 0. The monoisotopic (exact) mass is 491 g/mol. The van der Waals surface area contributed by atoms with Gasteiger partial charge in [-0.15, -0.1) is 0 Å². The van der Waals surface area contributed by atoms with Gasteiger partial charge in [-0.05, 0) is 30.3 Å². The summed E-state index contributed by atoms with van der Waals surface area (Å²) >= 11 is 11.7. The van der Waals surface area contributed by atoms with E-state index in [4.69, 9.17) is 32.7 Å². The van der Waals surface area contributed by atoms with Gasteiger partial charge < -0.3 is 19.3 Å². The van der Waals surface area contributed by atoms with Gasteiger partial charge in [-0.3, -0.25) is 4.79 Å². The number of anilines is 1. The molecule has 0 atom stereocenters. The van der Waals surface area contributed by atoms with E-state index in [0.717, 1.165) is 12.3 Å². The highest BCUT2D eigenvalue weighted by atomic mass is 35.5. The third-order valence-corrected chi connectivity index (χ3v) is 5.14. The van der Waals surface area contributed by atoms with E-state index >= 15 is 0 Å². The normalized spacial score (nSPS) is 14.3. The topological polar surface area (TPSA) is 72.0 Å². The van der Waals surface area contributed by atoms with Crippen molar-refractivity contribution in [1.82, 2.24) is 9.88 Å². The SMILES string of the molecule is O=C(COc1ccc(Cl)cc1)OCC(=O)N1CCN(c2ncc(C(F)(F)F)cc2Cl)CC1. The lowest BCUT2D eigenvalue weighted by atomic mass is 10.2. The Labute approximate surface area is 191 Å². The van der Waals surface area contributed by atoms with Gasteiger partial charge in [0.1, 0.15) is 11.6 Å². The molecule has 1 amide bonds. The molecular formula is C20H18Cl2F3N3O4. The maximum atomic E-state index is 12.8. The fourth-order valence-electron chi connectivity index (χ4n) is 2.93. The zero-order valence-electron chi connectivity index (χ0n) is 16.6. The molecule has 7 nitrogen and oxygen atoms in total. The molecule has 0 spiro atoms. The molecule has 2 aromatic rings. The standard InChI is InChI=1S/C20H18Cl2F3N3O4/c21-14-1-3-15(4-2-14)31-12-18(30)32-11-17(29)27-5-7-28(8-6-27)19-16(22)9-13(10-26-19)20(23,24)25/h1-4,9-10H,5-8,11-12H2. The molecule has 1 aromatic carbocycles. The number of carbonyl (C=O) groups excluding carboxylic acids is 2. The Bertz CT molecular complexity index is 966. The van der Waals surface area contributed by atoms with Gasteiger partial charge in [0.05, 0.1) is 10.6 Å². The molecule has 1 aliphatic rings. The molecule has 0 bridgehead atoms. The number of nitrogens with zero attached hydrogens (tertiary/aromatic N) is 3. The van der Waals surface area contributed by atoms with Crippen molar-refractivity contribution in [3.63, 3.8) is 0 Å². The number of benzene rings is 1. The first-order valence-corrected chi connectivity index (χ1v) is 10.2. The van der Waals surface area contributed by atoms with Crippen LogP contribution in [-0.4, -0.2) is 61.2 Å². The number of piperazine rings is 1. The minimum Gasteiger partial charge on any atom is -0.482 e. The Morgan fingerprint density at radius 1 is 1.03 bits per heavy atom. The maximum absolute atomic E-state index is 12.8. The molecule has 1 aromatic heterocycles. The highest BCUT2D eigenvalue weighted by Gasteiger charge is 2.32. The number of aromatic nitrogens is 1. The van der Waals surface area contributed by atoms with Gasteiger partial charge in [0.15, 0.2) is 13.2 Å². The number of esters is 1. The first kappa shape index (κ1) is 23.9. The van der Waals surface area contributed by atoms with E-state index in [1.54, 1.807) is 29.2 Å². The molecule has 0 unspecified atom stereocenters. The Kier molecular flexibility index (Phi) is 7.68. The molecule has 172 valence electrons. The van der Waals surface area contributed by atoms with Crippen LogP contribution in [0.1, 0.15) is 5.56 Å². The molecule has 3 rings (SSSR count). The molecule has 0 aliphatic carbocycles. The van der Waals surface area contributed by atoms with Crippen molar-refractivity contribution >= 4 is 40.9 Å². The quantitative estimate of drug-likeness (QED) is 0.574. The number of hydrogen-bond acceptors (Lipinski definition) is 6. The molecule has 2 heterocycles. The minimum absolute atomic E-state index is 0.116. The Hall–Kier alpha value is -2.72. The van der Waals surface area contributed by atoms with Gasteiger partial charge in [0, 0.05) is 37.4 Å². The van der Waals surface area contributed by atoms with Gasteiger partial charge >= 0.3 is 12.1 Å². The molecule has 12 heteroatoms. The molecule has 0 radical (unpaired) electrons. The second-order valence-corrected chi connectivity index (χ2v) is 7.64. The van der Waals surface area contributed by atoms with Crippen LogP contribution in [0.3, 0.4) is 0 Å². The van der Waals surface area contributed by atoms with E-state index in [-0.39, 0.29) is 30.5 Å². The number of alkyl halides is 3. The Balaban J connectivity index is 1.43. The molecule has 1 saturated heterocycles. The largest absolute Gasteiger partial charge is 0.482 e. The van der Waals surface area contributed by atoms with Crippen LogP contribution >= 0.6 is 23.2 Å². The van der Waals surface area contributed by atoms with Crippen molar-refractivity contribution in [1.29, 1.82) is 0 Å². The van der Waals surface area contributed by atoms with Crippen LogP contribution in [0.25, 0.3) is 0 Å². The van der Waals surface area contributed by atoms with Crippen molar-refractivity contribution < 1.29 is 32.2 Å². The van der Waals surface area contributed by atoms with E-state index in [9.17, 15) is 22.8 Å². The zero-order chi connectivity index (χ0) is 23.3. The highest BCUT2D eigenvalue weighted by Crippen LogP contribution is 2.33. The van der Waals surface area contributed by atoms with Gasteiger partial charge in [-0.2, -0.15) is 13.2 Å². The summed E-state index contributed by atoms with van der Waals surface area (Å²) in [5, 5.41) is 0.413. The van der Waals surface area contributed by atoms with E-state index in [2.05, 4.69) is 4.98 Å². The smallest absolute Gasteiger partial charge is 0.417 e. The third-order valence-electron chi connectivity index (χ3n) is 4.61. The second-order valence-electron chi connectivity index (χ2n) is 6.80. The summed E-state index contributed by atoms with van der Waals surface area (Å²) in [6.07, 6.45) is -3.80. The lowest BCUT2D eigenvalue weighted by Crippen LogP contribution is -2.50. The van der Waals surface area contributed by atoms with Crippen molar-refractivity contribution in [2.45, 2.75) is 6.18 Å². The lowest BCUT2D eigenvalue weighted by Gasteiger charge is -2.35.